The molecule has 1 aliphatic heterocycles. The van der Waals surface area contributed by atoms with Gasteiger partial charge in [0, 0.05) is 31.0 Å². The highest BCUT2D eigenvalue weighted by Gasteiger charge is 2.23. The van der Waals surface area contributed by atoms with Crippen molar-refractivity contribution in [3.8, 4) is 0 Å². The molecule has 6 nitrogen and oxygen atoms in total. The number of H-pyrrole nitrogens is 1. The normalized spacial score (nSPS) is 16.2. The molecule has 2 aliphatic rings. The van der Waals surface area contributed by atoms with Crippen LogP contribution in [0.4, 0.5) is 0 Å². The van der Waals surface area contributed by atoms with Crippen LogP contribution in [-0.4, -0.2) is 41.0 Å². The average molecular weight is 471 g/mol. The molecule has 1 aromatic heterocycles. The molecule has 1 atom stereocenters. The molecule has 0 saturated carbocycles. The smallest absolute Gasteiger partial charge is 0.251 e. The van der Waals surface area contributed by atoms with E-state index in [-0.39, 0.29) is 11.9 Å². The van der Waals surface area contributed by atoms with E-state index < -0.39 is 0 Å². The maximum Gasteiger partial charge on any atom is 0.251 e. The van der Waals surface area contributed by atoms with Crippen LogP contribution < -0.4 is 5.32 Å². The molecule has 3 aromatic rings. The molecular formula is C29H34N4O2. The van der Waals surface area contributed by atoms with E-state index in [1.165, 1.54) is 16.7 Å². The van der Waals surface area contributed by atoms with Gasteiger partial charge in [0.15, 0.2) is 0 Å². The van der Waals surface area contributed by atoms with Gasteiger partial charge in [0.2, 0.25) is 0 Å². The molecule has 0 fully saturated rings. The molecule has 2 N–H and O–H groups in total. The summed E-state index contributed by atoms with van der Waals surface area (Å²) in [7, 11) is 2.13. The van der Waals surface area contributed by atoms with Crippen LogP contribution in [-0.2, 0) is 30.7 Å². The minimum Gasteiger partial charge on any atom is -0.377 e. The van der Waals surface area contributed by atoms with Crippen LogP contribution in [0.15, 0.2) is 54.1 Å². The number of aromatic amines is 1. The fourth-order valence-corrected chi connectivity index (χ4v) is 4.87. The molecule has 182 valence electrons. The zero-order valence-electron chi connectivity index (χ0n) is 20.6. The zero-order chi connectivity index (χ0) is 24.2. The number of imidazole rings is 1. The van der Waals surface area contributed by atoms with Crippen molar-refractivity contribution in [2.75, 3.05) is 20.2 Å². The third-order valence-electron chi connectivity index (χ3n) is 6.95. The first kappa shape index (κ1) is 23.5. The maximum absolute atomic E-state index is 13.3. The monoisotopic (exact) mass is 470 g/mol. The van der Waals surface area contributed by atoms with Crippen molar-refractivity contribution in [1.29, 1.82) is 0 Å². The minimum atomic E-state index is -0.250. The van der Waals surface area contributed by atoms with Crippen molar-refractivity contribution in [2.24, 2.45) is 0 Å². The number of nitrogens with zero attached hydrogens (tertiary/aromatic N) is 2. The number of ether oxygens (including phenoxy) is 1. The van der Waals surface area contributed by atoms with E-state index >= 15 is 0 Å². The number of carbonyl (C=O) groups is 1. The molecule has 0 spiro atoms. The number of aromatic nitrogens is 2. The number of allylic oxidation sites excluding steroid dienone is 1. The van der Waals surface area contributed by atoms with Crippen molar-refractivity contribution in [1.82, 2.24) is 20.2 Å². The number of hydrogen-bond acceptors (Lipinski definition) is 4. The van der Waals surface area contributed by atoms with E-state index in [1.807, 2.05) is 24.3 Å². The highest BCUT2D eigenvalue weighted by Crippen LogP contribution is 2.26. The van der Waals surface area contributed by atoms with Crippen molar-refractivity contribution in [3.05, 3.63) is 93.6 Å². The standard InChI is InChI=1S/C29H34N4O2/c1-20-8-11-25-27(16-20)31-28(30-25)26(13-15-35-19-21-6-4-3-5-7-21)32-29(34)23-9-10-24-18-33(2)14-12-22(24)17-23/h3-7,9-10,16-17,26H,8,11-15,18-19H2,1-2H3,(H,30,31)(H,32,34). The van der Waals surface area contributed by atoms with Crippen molar-refractivity contribution in [2.45, 2.75) is 51.8 Å². The third kappa shape index (κ3) is 5.72. The summed E-state index contributed by atoms with van der Waals surface area (Å²) >= 11 is 0. The van der Waals surface area contributed by atoms with Gasteiger partial charge in [-0.25, -0.2) is 4.98 Å². The third-order valence-corrected chi connectivity index (χ3v) is 6.95. The lowest BCUT2D eigenvalue weighted by molar-refractivity contribution is 0.0888. The number of carbonyl (C=O) groups excluding carboxylic acids is 1. The van der Waals surface area contributed by atoms with Crippen LogP contribution in [0, 0.1) is 0 Å². The Kier molecular flexibility index (Phi) is 7.11. The summed E-state index contributed by atoms with van der Waals surface area (Å²) in [6.45, 7) is 5.17. The molecule has 5 rings (SSSR count). The van der Waals surface area contributed by atoms with Crippen molar-refractivity contribution >= 4 is 12.0 Å². The Morgan fingerprint density at radius 1 is 1.14 bits per heavy atom. The van der Waals surface area contributed by atoms with Crippen LogP contribution >= 0.6 is 0 Å². The second-order valence-corrected chi connectivity index (χ2v) is 9.80. The molecule has 1 unspecified atom stereocenters. The molecule has 0 bridgehead atoms. The van der Waals surface area contributed by atoms with Crippen LogP contribution in [0.2, 0.25) is 0 Å². The van der Waals surface area contributed by atoms with Gasteiger partial charge in [0.05, 0.1) is 18.3 Å². The minimum absolute atomic E-state index is 0.0686. The largest absolute Gasteiger partial charge is 0.377 e. The molecule has 2 heterocycles. The van der Waals surface area contributed by atoms with Crippen LogP contribution in [0.3, 0.4) is 0 Å². The van der Waals surface area contributed by atoms with E-state index in [4.69, 9.17) is 9.72 Å². The molecule has 6 heteroatoms. The van der Waals surface area contributed by atoms with Gasteiger partial charge in [-0.05, 0) is 74.6 Å². The maximum atomic E-state index is 13.3. The highest BCUT2D eigenvalue weighted by atomic mass is 16.5. The van der Waals surface area contributed by atoms with Crippen LogP contribution in [0.5, 0.6) is 0 Å². The fourth-order valence-electron chi connectivity index (χ4n) is 4.87. The van der Waals surface area contributed by atoms with Crippen molar-refractivity contribution < 1.29 is 9.53 Å². The molecule has 0 radical (unpaired) electrons. The number of hydrogen-bond donors (Lipinski definition) is 2. The lowest BCUT2D eigenvalue weighted by Gasteiger charge is -2.25. The molecule has 1 amide bonds. The first-order chi connectivity index (χ1) is 17.0. The topological polar surface area (TPSA) is 70.2 Å². The zero-order valence-corrected chi connectivity index (χ0v) is 20.6. The Balaban J connectivity index is 1.30. The second kappa shape index (κ2) is 10.6. The Morgan fingerprint density at radius 3 is 2.86 bits per heavy atom. The Hall–Kier alpha value is -3.22. The van der Waals surface area contributed by atoms with Crippen LogP contribution in [0.25, 0.3) is 6.08 Å². The Labute approximate surface area is 207 Å². The summed E-state index contributed by atoms with van der Waals surface area (Å²) in [5, 5.41) is 3.24. The van der Waals surface area contributed by atoms with Gasteiger partial charge in [-0.2, -0.15) is 0 Å². The first-order valence-corrected chi connectivity index (χ1v) is 12.5. The Bertz CT molecular complexity index is 1210. The lowest BCUT2D eigenvalue weighted by Crippen LogP contribution is -2.31. The summed E-state index contributed by atoms with van der Waals surface area (Å²) in [5.41, 5.74) is 7.90. The predicted octanol–water partition coefficient (Wildman–Crippen LogP) is 4.83. The van der Waals surface area contributed by atoms with E-state index in [9.17, 15) is 4.79 Å². The van der Waals surface area contributed by atoms with E-state index in [1.54, 1.807) is 0 Å². The number of amides is 1. The number of rotatable bonds is 8. The number of likely N-dealkylation sites (N-methyl/N-ethyl adjacent to an activating group) is 1. The second-order valence-electron chi connectivity index (χ2n) is 9.80. The van der Waals surface area contributed by atoms with E-state index in [0.717, 1.165) is 55.1 Å². The van der Waals surface area contributed by atoms with E-state index in [2.05, 4.69) is 59.5 Å². The average Bonchev–Trinajstić information content (AvgIpc) is 3.29. The molecule has 35 heavy (non-hydrogen) atoms. The van der Waals surface area contributed by atoms with Crippen LogP contribution in [0.1, 0.15) is 70.1 Å². The fraction of sp³-hybridized carbons (Fsp3) is 0.379. The first-order valence-electron chi connectivity index (χ1n) is 12.5. The molecular weight excluding hydrogens is 436 g/mol. The van der Waals surface area contributed by atoms with E-state index in [0.29, 0.717) is 25.2 Å². The number of benzene rings is 2. The van der Waals surface area contributed by atoms with Gasteiger partial charge < -0.3 is 19.9 Å². The van der Waals surface area contributed by atoms with Gasteiger partial charge >= 0.3 is 0 Å². The molecule has 1 aliphatic carbocycles. The summed E-state index contributed by atoms with van der Waals surface area (Å²) in [4.78, 5) is 24.0. The summed E-state index contributed by atoms with van der Waals surface area (Å²) in [5.74, 6) is 0.734. The van der Waals surface area contributed by atoms with Gasteiger partial charge in [0.1, 0.15) is 5.82 Å². The Morgan fingerprint density at radius 2 is 2.00 bits per heavy atom. The number of aryl methyl sites for hydroxylation is 1. The summed E-state index contributed by atoms with van der Waals surface area (Å²) in [6.07, 6.45) is 5.75. The molecule has 0 saturated heterocycles. The molecule has 2 aromatic carbocycles. The van der Waals surface area contributed by atoms with Gasteiger partial charge in [-0.15, -0.1) is 0 Å². The lowest BCUT2D eigenvalue weighted by atomic mass is 9.97. The summed E-state index contributed by atoms with van der Waals surface area (Å²) < 4.78 is 5.95. The van der Waals surface area contributed by atoms with Crippen molar-refractivity contribution in [3.63, 3.8) is 0 Å². The van der Waals surface area contributed by atoms with Gasteiger partial charge in [-0.3, -0.25) is 4.79 Å². The quantitative estimate of drug-likeness (QED) is 0.463. The summed E-state index contributed by atoms with van der Waals surface area (Å²) in [6, 6.07) is 16.0. The number of nitrogens with one attached hydrogen (secondary N) is 2. The van der Waals surface area contributed by atoms with Gasteiger partial charge in [-0.1, -0.05) is 42.0 Å². The highest BCUT2D eigenvalue weighted by molar-refractivity contribution is 5.94. The van der Waals surface area contributed by atoms with Gasteiger partial charge in [0.25, 0.3) is 5.91 Å². The predicted molar refractivity (Wildman–Crippen MR) is 138 cm³/mol. The SMILES string of the molecule is CC1=Cc2nc(C(CCOCc3ccccc3)NC(=O)c3ccc4c(c3)CCN(C)C4)[nH]c2CC1. The number of fused-ring (bicyclic) bond motifs is 2.